The van der Waals surface area contributed by atoms with Crippen molar-refractivity contribution in [2.75, 3.05) is 14.2 Å². The van der Waals surface area contributed by atoms with E-state index in [1.54, 1.807) is 14.2 Å². The molecule has 5 rings (SSSR count). The number of hydrogen-bond acceptors (Lipinski definition) is 8. The highest BCUT2D eigenvalue weighted by Crippen LogP contribution is 2.41. The van der Waals surface area contributed by atoms with Gasteiger partial charge in [-0.25, -0.2) is 0 Å². The summed E-state index contributed by atoms with van der Waals surface area (Å²) in [6.07, 6.45) is 4.17. The zero-order chi connectivity index (χ0) is 21.5. The molecule has 3 aromatic rings. The Hall–Kier alpha value is -3.01. The van der Waals surface area contributed by atoms with Crippen molar-refractivity contribution >= 4 is 17.4 Å². The van der Waals surface area contributed by atoms with E-state index in [9.17, 15) is 4.79 Å². The van der Waals surface area contributed by atoms with E-state index in [0.717, 1.165) is 54.4 Å². The van der Waals surface area contributed by atoms with Crippen molar-refractivity contribution in [1.82, 2.24) is 29.3 Å². The van der Waals surface area contributed by atoms with Gasteiger partial charge in [0.05, 0.1) is 38.5 Å². The van der Waals surface area contributed by atoms with E-state index in [2.05, 4.69) is 24.4 Å². The fraction of sp³-hybridized carbons (Fsp3) is 0.476. The van der Waals surface area contributed by atoms with Gasteiger partial charge < -0.3 is 18.9 Å². The number of amides is 1. The van der Waals surface area contributed by atoms with Gasteiger partial charge >= 0.3 is 0 Å². The lowest BCUT2D eigenvalue weighted by atomic mass is 9.87. The Kier molecular flexibility index (Phi) is 5.09. The quantitative estimate of drug-likeness (QED) is 0.614. The number of carbonyl (C=O) groups is 1. The summed E-state index contributed by atoms with van der Waals surface area (Å²) in [5.41, 5.74) is 1.60. The monoisotopic (exact) mass is 440 g/mol. The summed E-state index contributed by atoms with van der Waals surface area (Å²) in [5, 5.41) is 13.0. The Balaban J connectivity index is 1.56. The summed E-state index contributed by atoms with van der Waals surface area (Å²) in [4.78, 5) is 15.9. The topological polar surface area (TPSA) is 95.3 Å². The molecule has 3 heterocycles. The molecular formula is C21H24N6O3S. The van der Waals surface area contributed by atoms with Crippen LogP contribution in [0.2, 0.25) is 0 Å². The number of rotatable bonds is 4. The molecule has 1 saturated carbocycles. The van der Waals surface area contributed by atoms with E-state index in [0.29, 0.717) is 28.6 Å². The van der Waals surface area contributed by atoms with Crippen LogP contribution in [0.15, 0.2) is 18.2 Å². The maximum atomic E-state index is 13.3. The van der Waals surface area contributed by atoms with Crippen LogP contribution in [0.5, 0.6) is 11.5 Å². The smallest absolute Gasteiger partial charge is 0.268 e. The number of carbonyl (C=O) groups excluding carboxylic acids is 1. The Morgan fingerprint density at radius 1 is 1.06 bits per heavy atom. The highest BCUT2D eigenvalue weighted by atomic mass is 32.1. The Morgan fingerprint density at radius 2 is 1.84 bits per heavy atom. The number of hydrogen-bond donors (Lipinski definition) is 0. The second kappa shape index (κ2) is 7.92. The maximum Gasteiger partial charge on any atom is 0.268 e. The lowest BCUT2D eigenvalue weighted by Crippen LogP contribution is -2.50. The third-order valence-electron chi connectivity index (χ3n) is 6.25. The number of nitrogens with zero attached hydrogens (tertiary/aromatic N) is 6. The number of aryl methyl sites for hydroxylation is 1. The normalized spacial score (nSPS) is 20.2. The van der Waals surface area contributed by atoms with Crippen LogP contribution in [0.1, 0.15) is 52.9 Å². The van der Waals surface area contributed by atoms with Gasteiger partial charge in [0.15, 0.2) is 23.1 Å². The Labute approximate surface area is 184 Å². The number of aromatic nitrogens is 5. The molecule has 2 aromatic heterocycles. The van der Waals surface area contributed by atoms with Crippen LogP contribution in [-0.4, -0.2) is 55.4 Å². The van der Waals surface area contributed by atoms with E-state index in [-0.39, 0.29) is 18.0 Å². The van der Waals surface area contributed by atoms with Crippen LogP contribution in [-0.2, 0) is 6.54 Å². The fourth-order valence-corrected chi connectivity index (χ4v) is 5.37. The highest BCUT2D eigenvalue weighted by molar-refractivity contribution is 7.07. The zero-order valence-electron chi connectivity index (χ0n) is 17.7. The van der Waals surface area contributed by atoms with Gasteiger partial charge in [-0.15, -0.1) is 15.3 Å². The van der Waals surface area contributed by atoms with Crippen molar-refractivity contribution in [1.29, 1.82) is 0 Å². The molecule has 162 valence electrons. The second-order valence-electron chi connectivity index (χ2n) is 7.92. The molecule has 31 heavy (non-hydrogen) atoms. The van der Waals surface area contributed by atoms with Crippen LogP contribution in [0.25, 0.3) is 11.4 Å². The van der Waals surface area contributed by atoms with Crippen LogP contribution >= 0.6 is 11.5 Å². The van der Waals surface area contributed by atoms with Gasteiger partial charge in [-0.1, -0.05) is 17.3 Å². The minimum Gasteiger partial charge on any atom is -0.493 e. The molecule has 1 amide bonds. The van der Waals surface area contributed by atoms with Gasteiger partial charge in [0.1, 0.15) is 4.88 Å². The molecule has 9 nitrogen and oxygen atoms in total. The van der Waals surface area contributed by atoms with E-state index in [1.807, 2.05) is 30.0 Å². The maximum absolute atomic E-state index is 13.3. The first-order valence-electron chi connectivity index (χ1n) is 10.4. The highest BCUT2D eigenvalue weighted by Gasteiger charge is 2.42. The predicted molar refractivity (Wildman–Crippen MR) is 114 cm³/mol. The molecule has 0 bridgehead atoms. The van der Waals surface area contributed by atoms with Gasteiger partial charge in [-0.05, 0) is 49.5 Å². The SMILES string of the molecule is COc1ccc(-c2nnc3n2[C@H]2CCCC[C@@H]2N(C(=O)c2snnc2C)C3)cc1OC. The first-order valence-corrected chi connectivity index (χ1v) is 11.2. The van der Waals surface area contributed by atoms with Gasteiger partial charge in [-0.3, -0.25) is 4.79 Å². The van der Waals surface area contributed by atoms with E-state index in [4.69, 9.17) is 9.47 Å². The lowest BCUT2D eigenvalue weighted by Gasteiger charge is -2.44. The molecule has 10 heteroatoms. The molecule has 0 spiro atoms. The van der Waals surface area contributed by atoms with Gasteiger partial charge in [-0.2, -0.15) is 0 Å². The first-order chi connectivity index (χ1) is 15.1. The van der Waals surface area contributed by atoms with Crippen LogP contribution < -0.4 is 9.47 Å². The Bertz CT molecular complexity index is 1130. The summed E-state index contributed by atoms with van der Waals surface area (Å²) in [6, 6.07) is 6.02. The fourth-order valence-electron chi connectivity index (χ4n) is 4.76. The molecule has 2 aliphatic rings. The Morgan fingerprint density at radius 3 is 2.55 bits per heavy atom. The van der Waals surface area contributed by atoms with E-state index in [1.165, 1.54) is 0 Å². The summed E-state index contributed by atoms with van der Waals surface area (Å²) in [6.45, 7) is 2.26. The van der Waals surface area contributed by atoms with Crippen molar-refractivity contribution in [2.45, 2.75) is 51.2 Å². The number of ether oxygens (including phenoxy) is 2. The molecular weight excluding hydrogens is 416 g/mol. The van der Waals surface area contributed by atoms with Crippen molar-refractivity contribution in [3.8, 4) is 22.9 Å². The van der Waals surface area contributed by atoms with Gasteiger partial charge in [0, 0.05) is 5.56 Å². The van der Waals surface area contributed by atoms with Gasteiger partial charge in [0.25, 0.3) is 5.91 Å². The average molecular weight is 441 g/mol. The molecule has 1 aromatic carbocycles. The average Bonchev–Trinajstić information content (AvgIpc) is 3.43. The number of benzene rings is 1. The lowest BCUT2D eigenvalue weighted by molar-refractivity contribution is 0.0424. The zero-order valence-corrected chi connectivity index (χ0v) is 18.6. The number of fused-ring (bicyclic) bond motifs is 3. The molecule has 1 aliphatic heterocycles. The van der Waals surface area contributed by atoms with Crippen LogP contribution in [0.3, 0.4) is 0 Å². The second-order valence-corrected chi connectivity index (χ2v) is 8.67. The third-order valence-corrected chi connectivity index (χ3v) is 7.07. The number of methoxy groups -OCH3 is 2. The summed E-state index contributed by atoms with van der Waals surface area (Å²) < 4.78 is 17.0. The molecule has 0 N–H and O–H groups in total. The van der Waals surface area contributed by atoms with Crippen LogP contribution in [0.4, 0.5) is 0 Å². The predicted octanol–water partition coefficient (Wildman–Crippen LogP) is 3.26. The van der Waals surface area contributed by atoms with Crippen molar-refractivity contribution in [3.63, 3.8) is 0 Å². The first kappa shape index (κ1) is 19.9. The summed E-state index contributed by atoms with van der Waals surface area (Å²) in [7, 11) is 3.24. The van der Waals surface area contributed by atoms with Gasteiger partial charge in [0.2, 0.25) is 0 Å². The van der Waals surface area contributed by atoms with E-state index >= 15 is 0 Å². The molecule has 0 radical (unpaired) electrons. The summed E-state index contributed by atoms with van der Waals surface area (Å²) >= 11 is 1.16. The standard InChI is InChI=1S/C21H24N6O3S/c1-12-19(31-25-22-12)21(28)26-11-18-23-24-20(27(18)15-7-5-4-6-14(15)26)13-8-9-16(29-2)17(10-13)30-3/h8-10,14-15H,4-7,11H2,1-3H3/t14-,15-/m0/s1. The molecule has 1 aliphatic carbocycles. The van der Waals surface area contributed by atoms with Crippen molar-refractivity contribution < 1.29 is 14.3 Å². The van der Waals surface area contributed by atoms with Crippen LogP contribution in [0, 0.1) is 6.92 Å². The molecule has 0 saturated heterocycles. The minimum atomic E-state index is -0.00804. The van der Waals surface area contributed by atoms with Crippen molar-refractivity contribution in [2.24, 2.45) is 0 Å². The third kappa shape index (κ3) is 3.25. The molecule has 2 atom stereocenters. The van der Waals surface area contributed by atoms with E-state index < -0.39 is 0 Å². The molecule has 0 unspecified atom stereocenters. The largest absolute Gasteiger partial charge is 0.493 e. The minimum absolute atomic E-state index is 0.00804. The molecule has 1 fully saturated rings. The van der Waals surface area contributed by atoms with Crippen molar-refractivity contribution in [3.05, 3.63) is 34.6 Å². The summed E-state index contributed by atoms with van der Waals surface area (Å²) in [5.74, 6) is 2.92.